The summed E-state index contributed by atoms with van der Waals surface area (Å²) in [4.78, 5) is 0. The maximum absolute atomic E-state index is 2.38. The first-order valence-electron chi connectivity index (χ1n) is 8.40. The van der Waals surface area contributed by atoms with Crippen molar-refractivity contribution in [1.29, 1.82) is 0 Å². The Labute approximate surface area is 135 Å². The van der Waals surface area contributed by atoms with E-state index < -0.39 is 0 Å². The van der Waals surface area contributed by atoms with E-state index in [1.54, 1.807) is 11.1 Å². The smallest absolute Gasteiger partial charge is 0.00170 e. The fourth-order valence-corrected chi connectivity index (χ4v) is 3.84. The molecule has 0 aliphatic heterocycles. The second-order valence-electron chi connectivity index (χ2n) is 8.75. The molecule has 0 N–H and O–H groups in total. The Morgan fingerprint density at radius 3 is 1.77 bits per heavy atom. The van der Waals surface area contributed by atoms with Crippen LogP contribution in [0.3, 0.4) is 0 Å². The normalized spacial score (nSPS) is 14.5. The van der Waals surface area contributed by atoms with Gasteiger partial charge in [-0.3, -0.25) is 0 Å². The predicted octanol–water partition coefficient (Wildman–Crippen LogP) is 5.78. The van der Waals surface area contributed by atoms with Gasteiger partial charge < -0.3 is 0 Å². The molecule has 3 rings (SSSR count). The number of hydrogen-bond donors (Lipinski definition) is 0. The average Bonchev–Trinajstić information content (AvgIpc) is 2.41. The van der Waals surface area contributed by atoms with E-state index in [1.165, 1.54) is 22.3 Å². The summed E-state index contributed by atoms with van der Waals surface area (Å²) in [6.45, 7) is 14.1. The third-order valence-corrected chi connectivity index (χ3v) is 4.83. The van der Waals surface area contributed by atoms with Crippen molar-refractivity contribution in [1.82, 2.24) is 0 Å². The lowest BCUT2D eigenvalue weighted by molar-refractivity contribution is 0.524. The van der Waals surface area contributed by atoms with Gasteiger partial charge in [0.15, 0.2) is 0 Å². The summed E-state index contributed by atoms with van der Waals surface area (Å²) in [7, 11) is 0. The summed E-state index contributed by atoms with van der Waals surface area (Å²) in [6, 6.07) is 13.7. The monoisotopic (exact) mass is 292 g/mol. The lowest BCUT2D eigenvalue weighted by Gasteiger charge is -2.35. The topological polar surface area (TPSA) is 0 Å². The van der Waals surface area contributed by atoms with Gasteiger partial charge in [0.1, 0.15) is 0 Å². The van der Waals surface area contributed by atoms with Gasteiger partial charge in [0.05, 0.1) is 0 Å². The molecule has 0 heterocycles. The molecule has 0 atom stereocenters. The first kappa shape index (κ1) is 15.3. The van der Waals surface area contributed by atoms with Crippen molar-refractivity contribution in [3.05, 3.63) is 69.8 Å². The maximum atomic E-state index is 2.38. The van der Waals surface area contributed by atoms with Crippen LogP contribution >= 0.6 is 0 Å². The highest BCUT2D eigenvalue weighted by atomic mass is 14.3. The Morgan fingerprint density at radius 2 is 1.23 bits per heavy atom. The van der Waals surface area contributed by atoms with Crippen molar-refractivity contribution in [2.75, 3.05) is 0 Å². The van der Waals surface area contributed by atoms with Crippen LogP contribution in [0, 0.1) is 0 Å². The van der Waals surface area contributed by atoms with Gasteiger partial charge in [-0.2, -0.15) is 0 Å². The molecule has 0 aromatic heterocycles. The minimum absolute atomic E-state index is 0.181. The molecule has 0 saturated heterocycles. The summed E-state index contributed by atoms with van der Waals surface area (Å²) in [5.41, 5.74) is 9.57. The highest BCUT2D eigenvalue weighted by Gasteiger charge is 2.30. The van der Waals surface area contributed by atoms with E-state index in [1.807, 2.05) is 0 Å². The first-order valence-corrected chi connectivity index (χ1v) is 8.40. The highest BCUT2D eigenvalue weighted by Crippen LogP contribution is 2.41. The van der Waals surface area contributed by atoms with Gasteiger partial charge in [-0.05, 0) is 57.1 Å². The Kier molecular flexibility index (Phi) is 3.47. The van der Waals surface area contributed by atoms with Crippen molar-refractivity contribution in [2.45, 2.75) is 65.2 Å². The van der Waals surface area contributed by atoms with Crippen LogP contribution in [-0.2, 0) is 23.7 Å². The van der Waals surface area contributed by atoms with Gasteiger partial charge in [-0.15, -0.1) is 0 Å². The second-order valence-corrected chi connectivity index (χ2v) is 8.75. The minimum atomic E-state index is 0.181. The Morgan fingerprint density at radius 1 is 0.636 bits per heavy atom. The van der Waals surface area contributed by atoms with E-state index >= 15 is 0 Å². The summed E-state index contributed by atoms with van der Waals surface area (Å²) in [6.07, 6.45) is 2.17. The molecule has 1 aliphatic rings. The molecule has 1 aliphatic carbocycles. The zero-order chi connectivity index (χ0) is 16.1. The van der Waals surface area contributed by atoms with E-state index in [2.05, 4.69) is 77.9 Å². The van der Waals surface area contributed by atoms with Crippen LogP contribution in [-0.4, -0.2) is 0 Å². The molecule has 0 amide bonds. The van der Waals surface area contributed by atoms with Crippen molar-refractivity contribution in [2.24, 2.45) is 0 Å². The molecular weight excluding hydrogens is 264 g/mol. The molecule has 0 saturated carbocycles. The third-order valence-electron chi connectivity index (χ3n) is 4.83. The van der Waals surface area contributed by atoms with Crippen LogP contribution in [0.25, 0.3) is 0 Å². The molecule has 22 heavy (non-hydrogen) atoms. The number of benzene rings is 2. The van der Waals surface area contributed by atoms with Gasteiger partial charge in [-0.25, -0.2) is 0 Å². The van der Waals surface area contributed by atoms with Crippen molar-refractivity contribution in [3.8, 4) is 0 Å². The largest absolute Gasteiger partial charge is 0.0620 e. The molecule has 2 aromatic rings. The lowest BCUT2D eigenvalue weighted by atomic mass is 9.69. The van der Waals surface area contributed by atoms with E-state index in [0.717, 1.165) is 12.8 Å². The highest BCUT2D eigenvalue weighted by molar-refractivity contribution is 5.54. The van der Waals surface area contributed by atoms with Gasteiger partial charge >= 0.3 is 0 Å². The summed E-state index contributed by atoms with van der Waals surface area (Å²) in [5, 5.41) is 0. The molecule has 0 spiro atoms. The molecular formula is C22H28. The van der Waals surface area contributed by atoms with Crippen LogP contribution in [0.4, 0.5) is 0 Å². The van der Waals surface area contributed by atoms with Crippen LogP contribution in [0.15, 0.2) is 36.4 Å². The molecule has 116 valence electrons. The van der Waals surface area contributed by atoms with E-state index in [9.17, 15) is 0 Å². The molecule has 0 nitrogen and oxygen atoms in total. The van der Waals surface area contributed by atoms with Crippen LogP contribution in [0.2, 0.25) is 0 Å². The maximum Gasteiger partial charge on any atom is -0.00170 e. The first-order chi connectivity index (χ1) is 10.2. The standard InChI is InChI=1S/C22H28/c1-21(2,3)19-12-11-17-13-15-9-7-8-10-16(15)14-18(17)20(19)22(4,5)6/h7-12H,13-14H2,1-6H3. The van der Waals surface area contributed by atoms with Crippen molar-refractivity contribution in [3.63, 3.8) is 0 Å². The Balaban J connectivity index is 2.24. The summed E-state index contributed by atoms with van der Waals surface area (Å²) in [5.74, 6) is 0. The Bertz CT molecular complexity index is 706. The van der Waals surface area contributed by atoms with E-state index in [-0.39, 0.29) is 10.8 Å². The summed E-state index contributed by atoms with van der Waals surface area (Å²) >= 11 is 0. The predicted molar refractivity (Wildman–Crippen MR) is 95.9 cm³/mol. The Hall–Kier alpha value is -1.56. The zero-order valence-corrected chi connectivity index (χ0v) is 14.9. The van der Waals surface area contributed by atoms with Gasteiger partial charge in [0.25, 0.3) is 0 Å². The van der Waals surface area contributed by atoms with Crippen LogP contribution < -0.4 is 0 Å². The van der Waals surface area contributed by atoms with Crippen LogP contribution in [0.1, 0.15) is 74.9 Å². The molecule has 0 heteroatoms. The lowest BCUT2D eigenvalue weighted by Crippen LogP contribution is -2.26. The van der Waals surface area contributed by atoms with Crippen molar-refractivity contribution < 1.29 is 0 Å². The number of hydrogen-bond acceptors (Lipinski definition) is 0. The molecule has 0 fully saturated rings. The third kappa shape index (κ3) is 2.60. The zero-order valence-electron chi connectivity index (χ0n) is 14.9. The van der Waals surface area contributed by atoms with E-state index in [0.29, 0.717) is 0 Å². The average molecular weight is 292 g/mol. The minimum Gasteiger partial charge on any atom is -0.0620 e. The SMILES string of the molecule is CC(C)(C)c1ccc2c(c1C(C)(C)C)Cc1ccccc1C2. The second kappa shape index (κ2) is 4.98. The molecule has 2 aromatic carbocycles. The van der Waals surface area contributed by atoms with Gasteiger partial charge in [0.2, 0.25) is 0 Å². The van der Waals surface area contributed by atoms with E-state index in [4.69, 9.17) is 0 Å². The molecule has 0 bridgehead atoms. The molecule has 0 radical (unpaired) electrons. The summed E-state index contributed by atoms with van der Waals surface area (Å²) < 4.78 is 0. The van der Waals surface area contributed by atoms with Gasteiger partial charge in [0, 0.05) is 0 Å². The fourth-order valence-electron chi connectivity index (χ4n) is 3.84. The van der Waals surface area contributed by atoms with Gasteiger partial charge in [-0.1, -0.05) is 77.9 Å². The quantitative estimate of drug-likeness (QED) is 0.493. The van der Waals surface area contributed by atoms with Crippen molar-refractivity contribution >= 4 is 0 Å². The fraction of sp³-hybridized carbons (Fsp3) is 0.455. The molecule has 0 unspecified atom stereocenters. The number of fused-ring (bicyclic) bond motifs is 2. The number of rotatable bonds is 0. The van der Waals surface area contributed by atoms with Crippen LogP contribution in [0.5, 0.6) is 0 Å².